The number of aromatic nitrogens is 1. The number of carbonyl (C=O) groups is 2. The number of aryl methyl sites for hydroxylation is 1. The topological polar surface area (TPSA) is 83.4 Å². The summed E-state index contributed by atoms with van der Waals surface area (Å²) in [7, 11) is 1.64. The Morgan fingerprint density at radius 2 is 1.72 bits per heavy atom. The monoisotopic (exact) mass is 432 g/mol. The fraction of sp³-hybridized carbons (Fsp3) is 0.320. The number of rotatable bonds is 5. The Hall–Kier alpha value is -3.61. The van der Waals surface area contributed by atoms with Crippen LogP contribution in [0.2, 0.25) is 0 Å². The highest BCUT2D eigenvalue weighted by molar-refractivity contribution is 5.93. The second-order valence-electron chi connectivity index (χ2n) is 8.28. The Balaban J connectivity index is 1.23. The molecule has 3 amide bonds. The zero-order valence-corrected chi connectivity index (χ0v) is 18.2. The molecule has 0 atom stereocenters. The molecular weight excluding hydrogens is 404 g/mol. The first-order chi connectivity index (χ1) is 15.5. The lowest BCUT2D eigenvalue weighted by atomic mass is 9.96. The number of fused-ring (bicyclic) bond motifs is 1. The van der Waals surface area contributed by atoms with Gasteiger partial charge in [0.05, 0.1) is 0 Å². The van der Waals surface area contributed by atoms with Gasteiger partial charge in [-0.25, -0.2) is 4.79 Å². The molecule has 32 heavy (non-hydrogen) atoms. The third kappa shape index (κ3) is 4.82. The van der Waals surface area contributed by atoms with Crippen LogP contribution in [-0.4, -0.2) is 41.0 Å². The number of pyridine rings is 1. The van der Waals surface area contributed by atoms with Crippen LogP contribution >= 0.6 is 0 Å². The van der Waals surface area contributed by atoms with Crippen molar-refractivity contribution in [2.24, 2.45) is 13.0 Å². The third-order valence-electron chi connectivity index (χ3n) is 6.13. The van der Waals surface area contributed by atoms with Crippen molar-refractivity contribution in [1.82, 2.24) is 20.1 Å². The number of nitrogens with zero attached hydrogens (tertiary/aromatic N) is 2. The second-order valence-corrected chi connectivity index (χ2v) is 8.28. The summed E-state index contributed by atoms with van der Waals surface area (Å²) in [5, 5.41) is 8.19. The van der Waals surface area contributed by atoms with Crippen LogP contribution in [-0.2, 0) is 13.6 Å². The molecule has 0 aliphatic carbocycles. The zero-order valence-electron chi connectivity index (χ0n) is 18.2. The maximum absolute atomic E-state index is 12.7. The third-order valence-corrected chi connectivity index (χ3v) is 6.13. The maximum Gasteiger partial charge on any atom is 0.315 e. The Bertz CT molecular complexity index is 1170. The number of carbonyl (C=O) groups excluding carboxylic acids is 2. The van der Waals surface area contributed by atoms with Gasteiger partial charge in [0.15, 0.2) is 0 Å². The van der Waals surface area contributed by atoms with Crippen molar-refractivity contribution in [3.05, 3.63) is 82.3 Å². The first kappa shape index (κ1) is 21.6. The average molecular weight is 433 g/mol. The first-order valence-corrected chi connectivity index (χ1v) is 11.0. The molecule has 1 saturated heterocycles. The Morgan fingerprint density at radius 3 is 2.53 bits per heavy atom. The van der Waals surface area contributed by atoms with E-state index in [1.54, 1.807) is 30.3 Å². The predicted octanol–water partition coefficient (Wildman–Crippen LogP) is 2.89. The summed E-state index contributed by atoms with van der Waals surface area (Å²) in [5.41, 5.74) is 1.01. The van der Waals surface area contributed by atoms with Gasteiger partial charge in [-0.1, -0.05) is 42.5 Å². The summed E-state index contributed by atoms with van der Waals surface area (Å²) in [6.45, 7) is 2.20. The maximum atomic E-state index is 12.7. The van der Waals surface area contributed by atoms with Crippen LogP contribution < -0.4 is 16.2 Å². The van der Waals surface area contributed by atoms with Gasteiger partial charge >= 0.3 is 6.03 Å². The quantitative estimate of drug-likeness (QED) is 0.650. The lowest BCUT2D eigenvalue weighted by Crippen LogP contribution is -2.44. The van der Waals surface area contributed by atoms with Gasteiger partial charge in [-0.15, -0.1) is 0 Å². The van der Waals surface area contributed by atoms with Crippen LogP contribution in [0, 0.1) is 5.92 Å². The van der Waals surface area contributed by atoms with E-state index < -0.39 is 0 Å². The van der Waals surface area contributed by atoms with Gasteiger partial charge in [-0.3, -0.25) is 9.59 Å². The normalized spacial score (nSPS) is 14.3. The van der Waals surface area contributed by atoms with Crippen LogP contribution in [0.15, 0.2) is 65.6 Å². The second kappa shape index (κ2) is 9.68. The van der Waals surface area contributed by atoms with Crippen molar-refractivity contribution in [3.8, 4) is 0 Å². The number of hydrogen-bond acceptors (Lipinski definition) is 3. The van der Waals surface area contributed by atoms with Crippen molar-refractivity contribution in [1.29, 1.82) is 0 Å². The number of nitrogens with one attached hydrogen (secondary N) is 2. The van der Waals surface area contributed by atoms with E-state index in [2.05, 4.69) is 28.8 Å². The molecule has 166 valence electrons. The van der Waals surface area contributed by atoms with Gasteiger partial charge in [-0.2, -0.15) is 0 Å². The molecule has 2 N–H and O–H groups in total. The van der Waals surface area contributed by atoms with E-state index in [1.165, 1.54) is 4.57 Å². The molecule has 2 aromatic carbocycles. The molecule has 7 nitrogen and oxygen atoms in total. The van der Waals surface area contributed by atoms with Gasteiger partial charge in [0.25, 0.3) is 11.5 Å². The van der Waals surface area contributed by atoms with E-state index in [4.69, 9.17) is 0 Å². The van der Waals surface area contributed by atoms with Crippen LogP contribution in [0.1, 0.15) is 28.8 Å². The van der Waals surface area contributed by atoms with Gasteiger partial charge in [0.2, 0.25) is 0 Å². The minimum Gasteiger partial charge on any atom is -0.338 e. The highest BCUT2D eigenvalue weighted by Crippen LogP contribution is 2.19. The predicted molar refractivity (Wildman–Crippen MR) is 124 cm³/mol. The van der Waals surface area contributed by atoms with Gasteiger partial charge in [-0.05, 0) is 47.2 Å². The largest absolute Gasteiger partial charge is 0.338 e. The molecular formula is C25H28N4O3. The lowest BCUT2D eigenvalue weighted by Gasteiger charge is -2.32. The van der Waals surface area contributed by atoms with Crippen molar-refractivity contribution in [2.75, 3.05) is 19.6 Å². The highest BCUT2D eigenvalue weighted by atomic mass is 16.2. The number of benzene rings is 2. The highest BCUT2D eigenvalue weighted by Gasteiger charge is 2.25. The Labute approximate surface area is 187 Å². The van der Waals surface area contributed by atoms with Crippen molar-refractivity contribution in [2.45, 2.75) is 19.4 Å². The summed E-state index contributed by atoms with van der Waals surface area (Å²) >= 11 is 0. The van der Waals surface area contributed by atoms with Gasteiger partial charge in [0.1, 0.15) is 5.56 Å². The fourth-order valence-corrected chi connectivity index (χ4v) is 4.19. The summed E-state index contributed by atoms with van der Waals surface area (Å²) < 4.78 is 1.42. The molecule has 1 fully saturated rings. The average Bonchev–Trinajstić information content (AvgIpc) is 2.83. The number of urea groups is 1. The smallest absolute Gasteiger partial charge is 0.315 e. The van der Waals surface area contributed by atoms with E-state index in [-0.39, 0.29) is 23.1 Å². The molecule has 0 saturated carbocycles. The Kier molecular flexibility index (Phi) is 6.54. The fourth-order valence-electron chi connectivity index (χ4n) is 4.19. The molecule has 1 aliphatic rings. The van der Waals surface area contributed by atoms with Crippen LogP contribution in [0.5, 0.6) is 0 Å². The minimum atomic E-state index is -0.274. The molecule has 1 aliphatic heterocycles. The molecule has 1 aromatic heterocycles. The molecule has 0 spiro atoms. The van der Waals surface area contributed by atoms with E-state index in [0.29, 0.717) is 32.1 Å². The lowest BCUT2D eigenvalue weighted by molar-refractivity contribution is 0.0688. The summed E-state index contributed by atoms with van der Waals surface area (Å²) in [5.74, 6) is 0.0893. The van der Waals surface area contributed by atoms with Gasteiger partial charge in [0, 0.05) is 39.4 Å². The number of likely N-dealkylation sites (tertiary alicyclic amines) is 1. The van der Waals surface area contributed by atoms with E-state index >= 15 is 0 Å². The van der Waals surface area contributed by atoms with E-state index in [9.17, 15) is 14.4 Å². The van der Waals surface area contributed by atoms with Crippen molar-refractivity contribution in [3.63, 3.8) is 0 Å². The molecule has 0 radical (unpaired) electrons. The summed E-state index contributed by atoms with van der Waals surface area (Å²) in [6, 6.07) is 17.3. The zero-order chi connectivity index (χ0) is 22.5. The Morgan fingerprint density at radius 1 is 0.969 bits per heavy atom. The first-order valence-electron chi connectivity index (χ1n) is 11.0. The minimum absolute atomic E-state index is 0.191. The molecule has 2 heterocycles. The molecule has 7 heteroatoms. The van der Waals surface area contributed by atoms with Crippen molar-refractivity contribution >= 4 is 22.7 Å². The SMILES string of the molecule is Cn1cccc(C(=O)N2CCC(CNC(=O)NCc3cccc4ccccc34)CC2)c1=O. The standard InChI is InChI=1S/C25H28N4O3/c1-28-13-5-10-22(23(28)30)24(31)29-14-11-18(12-15-29)16-26-25(32)27-17-20-8-4-7-19-6-2-3-9-21(19)20/h2-10,13,18H,11-12,14-17H2,1H3,(H2,26,27,32). The molecule has 3 aromatic rings. The molecule has 0 unspecified atom stereocenters. The van der Waals surface area contributed by atoms with Crippen molar-refractivity contribution < 1.29 is 9.59 Å². The van der Waals surface area contributed by atoms with Crippen LogP contribution in [0.4, 0.5) is 4.79 Å². The van der Waals surface area contributed by atoms with Crippen LogP contribution in [0.3, 0.4) is 0 Å². The summed E-state index contributed by atoms with van der Waals surface area (Å²) in [4.78, 5) is 38.9. The number of piperidine rings is 1. The summed E-state index contributed by atoms with van der Waals surface area (Å²) in [6.07, 6.45) is 3.23. The molecule has 4 rings (SSSR count). The van der Waals surface area contributed by atoms with E-state index in [1.807, 2.05) is 24.3 Å². The van der Waals surface area contributed by atoms with Gasteiger partial charge < -0.3 is 20.1 Å². The number of hydrogen-bond donors (Lipinski definition) is 2. The number of amides is 3. The van der Waals surface area contributed by atoms with Crippen LogP contribution in [0.25, 0.3) is 10.8 Å². The molecule has 0 bridgehead atoms. The van der Waals surface area contributed by atoms with E-state index in [0.717, 1.165) is 29.2 Å².